The van der Waals surface area contributed by atoms with Crippen molar-refractivity contribution in [3.63, 3.8) is 0 Å². The number of alkyl halides is 3. The van der Waals surface area contributed by atoms with Gasteiger partial charge in [0.25, 0.3) is 0 Å². The Morgan fingerprint density at radius 3 is 2.48 bits per heavy atom. The van der Waals surface area contributed by atoms with Crippen molar-refractivity contribution >= 4 is 29.9 Å². The van der Waals surface area contributed by atoms with Gasteiger partial charge in [0.05, 0.1) is 12.1 Å². The van der Waals surface area contributed by atoms with E-state index in [0.29, 0.717) is 19.0 Å². The summed E-state index contributed by atoms with van der Waals surface area (Å²) in [6.07, 6.45) is -1.15. The van der Waals surface area contributed by atoms with Crippen molar-refractivity contribution in [3.8, 4) is 5.88 Å². The van der Waals surface area contributed by atoms with Crippen molar-refractivity contribution in [2.45, 2.75) is 12.6 Å². The van der Waals surface area contributed by atoms with E-state index in [9.17, 15) is 13.2 Å². The highest BCUT2D eigenvalue weighted by Crippen LogP contribution is 2.29. The van der Waals surface area contributed by atoms with Crippen LogP contribution in [0, 0.1) is 0 Å². The smallest absolute Gasteiger partial charge is 0.417 e. The van der Waals surface area contributed by atoms with Crippen LogP contribution < -0.4 is 15.4 Å². The van der Waals surface area contributed by atoms with Gasteiger partial charge in [0.1, 0.15) is 6.61 Å². The third-order valence-corrected chi connectivity index (χ3v) is 3.33. The SMILES string of the molecule is CN=C(NCCOc1ccc(C(F)(F)F)cn1)NCCc1ccccn1.I. The lowest BCUT2D eigenvalue weighted by molar-refractivity contribution is -0.137. The first kappa shape index (κ1) is 22.9. The Balaban J connectivity index is 0.00000364. The van der Waals surface area contributed by atoms with Gasteiger partial charge in [-0.15, -0.1) is 24.0 Å². The van der Waals surface area contributed by atoms with Gasteiger partial charge < -0.3 is 15.4 Å². The lowest BCUT2D eigenvalue weighted by atomic mass is 10.3. The van der Waals surface area contributed by atoms with Crippen LogP contribution in [0.5, 0.6) is 5.88 Å². The molecule has 0 atom stereocenters. The van der Waals surface area contributed by atoms with Crippen LogP contribution in [0.1, 0.15) is 11.3 Å². The fourth-order valence-electron chi connectivity index (χ4n) is 2.03. The van der Waals surface area contributed by atoms with E-state index in [4.69, 9.17) is 4.74 Å². The molecule has 2 N–H and O–H groups in total. The van der Waals surface area contributed by atoms with E-state index in [1.165, 1.54) is 6.07 Å². The number of pyridine rings is 2. The molecule has 0 saturated heterocycles. The highest BCUT2D eigenvalue weighted by molar-refractivity contribution is 14.0. The second-order valence-electron chi connectivity index (χ2n) is 5.23. The van der Waals surface area contributed by atoms with Crippen molar-refractivity contribution in [2.24, 2.45) is 4.99 Å². The lowest BCUT2D eigenvalue weighted by Crippen LogP contribution is -2.40. The average molecular weight is 495 g/mol. The molecule has 2 aromatic rings. The van der Waals surface area contributed by atoms with Crippen LogP contribution in [0.4, 0.5) is 13.2 Å². The van der Waals surface area contributed by atoms with E-state index >= 15 is 0 Å². The van der Waals surface area contributed by atoms with Crippen molar-refractivity contribution in [1.82, 2.24) is 20.6 Å². The normalized spacial score (nSPS) is 11.5. The summed E-state index contributed by atoms with van der Waals surface area (Å²) >= 11 is 0. The first-order chi connectivity index (χ1) is 12.5. The number of nitrogens with zero attached hydrogens (tertiary/aromatic N) is 3. The number of rotatable bonds is 7. The standard InChI is InChI=1S/C17H20F3N5O.HI/c1-21-16(23-9-7-14-4-2-3-8-22-14)24-10-11-26-15-6-5-13(12-25-15)17(18,19)20;/h2-6,8,12H,7,9-11H2,1H3,(H2,21,23,24);1H. The van der Waals surface area contributed by atoms with Crippen LogP contribution in [0.3, 0.4) is 0 Å². The van der Waals surface area contributed by atoms with Gasteiger partial charge in [0.15, 0.2) is 5.96 Å². The zero-order chi connectivity index (χ0) is 18.8. The Bertz CT molecular complexity index is 696. The van der Waals surface area contributed by atoms with Crippen molar-refractivity contribution in [1.29, 1.82) is 0 Å². The number of hydrogen-bond acceptors (Lipinski definition) is 4. The number of guanidine groups is 1. The maximum absolute atomic E-state index is 12.4. The zero-order valence-corrected chi connectivity index (χ0v) is 17.0. The number of aromatic nitrogens is 2. The topological polar surface area (TPSA) is 71.4 Å². The van der Waals surface area contributed by atoms with Crippen LogP contribution in [-0.2, 0) is 12.6 Å². The molecule has 0 bridgehead atoms. The van der Waals surface area contributed by atoms with Gasteiger partial charge in [-0.2, -0.15) is 13.2 Å². The van der Waals surface area contributed by atoms with Gasteiger partial charge in [0, 0.05) is 44.2 Å². The fourth-order valence-corrected chi connectivity index (χ4v) is 2.03. The predicted molar refractivity (Wildman–Crippen MR) is 107 cm³/mol. The third kappa shape index (κ3) is 8.41. The van der Waals surface area contributed by atoms with E-state index < -0.39 is 11.7 Å². The largest absolute Gasteiger partial charge is 0.476 e. The van der Waals surface area contributed by atoms with E-state index in [2.05, 4.69) is 25.6 Å². The molecule has 10 heteroatoms. The molecule has 0 saturated carbocycles. The molecule has 0 radical (unpaired) electrons. The Morgan fingerprint density at radius 2 is 1.89 bits per heavy atom. The molecule has 0 aliphatic heterocycles. The van der Waals surface area contributed by atoms with Gasteiger partial charge in [0.2, 0.25) is 5.88 Å². The van der Waals surface area contributed by atoms with Crippen molar-refractivity contribution < 1.29 is 17.9 Å². The Morgan fingerprint density at radius 1 is 1.11 bits per heavy atom. The summed E-state index contributed by atoms with van der Waals surface area (Å²) in [5.74, 6) is 0.739. The summed E-state index contributed by atoms with van der Waals surface area (Å²) in [4.78, 5) is 12.0. The maximum atomic E-state index is 12.4. The summed E-state index contributed by atoms with van der Waals surface area (Å²) in [6.45, 7) is 1.32. The summed E-state index contributed by atoms with van der Waals surface area (Å²) in [5.41, 5.74) is 0.174. The minimum Gasteiger partial charge on any atom is -0.476 e. The average Bonchev–Trinajstić information content (AvgIpc) is 2.64. The predicted octanol–water partition coefficient (Wildman–Crippen LogP) is 2.90. The number of nitrogens with one attached hydrogen (secondary N) is 2. The van der Waals surface area contributed by atoms with Crippen LogP contribution >= 0.6 is 24.0 Å². The van der Waals surface area contributed by atoms with Crippen LogP contribution in [0.2, 0.25) is 0 Å². The van der Waals surface area contributed by atoms with Gasteiger partial charge >= 0.3 is 6.18 Å². The fraction of sp³-hybridized carbons (Fsp3) is 0.353. The molecule has 2 heterocycles. The highest BCUT2D eigenvalue weighted by atomic mass is 127. The molecule has 0 amide bonds. The van der Waals surface area contributed by atoms with Crippen LogP contribution in [-0.4, -0.2) is 42.7 Å². The van der Waals surface area contributed by atoms with Crippen molar-refractivity contribution in [2.75, 3.05) is 26.7 Å². The molecular weight excluding hydrogens is 474 g/mol. The van der Waals surface area contributed by atoms with Gasteiger partial charge in [-0.3, -0.25) is 9.98 Å². The number of aliphatic imine (C=N–C) groups is 1. The molecule has 0 unspecified atom stereocenters. The Kier molecular flexibility index (Phi) is 9.83. The molecule has 2 aromatic heterocycles. The molecule has 0 spiro atoms. The Labute approximate surface area is 172 Å². The highest BCUT2D eigenvalue weighted by Gasteiger charge is 2.30. The number of ether oxygens (including phenoxy) is 1. The summed E-state index contributed by atoms with van der Waals surface area (Å²) in [6, 6.07) is 7.88. The van der Waals surface area contributed by atoms with Gasteiger partial charge in [-0.1, -0.05) is 6.07 Å². The minimum absolute atomic E-state index is 0. The lowest BCUT2D eigenvalue weighted by Gasteiger charge is -2.12. The molecule has 148 valence electrons. The maximum Gasteiger partial charge on any atom is 0.417 e. The van der Waals surface area contributed by atoms with Gasteiger partial charge in [-0.05, 0) is 18.2 Å². The minimum atomic E-state index is -4.40. The van der Waals surface area contributed by atoms with Crippen LogP contribution in [0.25, 0.3) is 0 Å². The summed E-state index contributed by atoms with van der Waals surface area (Å²) in [5, 5.41) is 6.19. The number of halogens is 4. The van der Waals surface area contributed by atoms with Gasteiger partial charge in [-0.25, -0.2) is 4.98 Å². The molecule has 0 aromatic carbocycles. The molecule has 0 aliphatic rings. The molecule has 2 rings (SSSR count). The molecular formula is C17H21F3IN5O. The molecule has 0 fully saturated rings. The van der Waals surface area contributed by atoms with E-state index in [1.54, 1.807) is 13.2 Å². The monoisotopic (exact) mass is 495 g/mol. The molecule has 27 heavy (non-hydrogen) atoms. The second kappa shape index (κ2) is 11.6. The second-order valence-corrected chi connectivity index (χ2v) is 5.23. The van der Waals surface area contributed by atoms with E-state index in [0.717, 1.165) is 24.4 Å². The van der Waals surface area contributed by atoms with Crippen molar-refractivity contribution in [3.05, 3.63) is 54.0 Å². The molecule has 0 aliphatic carbocycles. The number of hydrogen-bond donors (Lipinski definition) is 2. The van der Waals surface area contributed by atoms with E-state index in [-0.39, 0.29) is 36.5 Å². The summed E-state index contributed by atoms with van der Waals surface area (Å²) in [7, 11) is 1.65. The molecule has 6 nitrogen and oxygen atoms in total. The van der Waals surface area contributed by atoms with Crippen LogP contribution in [0.15, 0.2) is 47.7 Å². The Hall–Kier alpha value is -2.11. The quantitative estimate of drug-likeness (QED) is 0.268. The van der Waals surface area contributed by atoms with E-state index in [1.807, 2.05) is 18.2 Å². The first-order valence-corrected chi connectivity index (χ1v) is 7.99. The summed E-state index contributed by atoms with van der Waals surface area (Å²) < 4.78 is 42.7. The third-order valence-electron chi connectivity index (χ3n) is 3.33. The zero-order valence-electron chi connectivity index (χ0n) is 14.7. The first-order valence-electron chi connectivity index (χ1n) is 7.99.